The van der Waals surface area contributed by atoms with Crippen molar-refractivity contribution in [2.24, 2.45) is 45.5 Å². The molecule has 0 amide bonds. The van der Waals surface area contributed by atoms with Gasteiger partial charge in [0.25, 0.3) is 0 Å². The van der Waals surface area contributed by atoms with Crippen molar-refractivity contribution < 1.29 is 0 Å². The van der Waals surface area contributed by atoms with E-state index >= 15 is 0 Å². The van der Waals surface area contributed by atoms with E-state index in [2.05, 4.69) is 71.3 Å². The Kier molecular flexibility index (Phi) is 9.89. The molecule has 7 unspecified atom stereocenters. The summed E-state index contributed by atoms with van der Waals surface area (Å²) >= 11 is 0. The first-order valence-corrected chi connectivity index (χ1v) is 12.7. The van der Waals surface area contributed by atoms with E-state index in [-0.39, 0.29) is 6.17 Å². The van der Waals surface area contributed by atoms with Gasteiger partial charge in [-0.05, 0) is 74.5 Å². The topological polar surface area (TPSA) is 28.0 Å². The van der Waals surface area contributed by atoms with Gasteiger partial charge in [0.2, 0.25) is 0 Å². The summed E-state index contributed by atoms with van der Waals surface area (Å²) in [6, 6.07) is 4.36. The van der Waals surface area contributed by atoms with E-state index in [1.54, 1.807) is 0 Å². The molecule has 0 aromatic heterocycles. The van der Waals surface area contributed by atoms with Gasteiger partial charge >= 0.3 is 0 Å². The van der Waals surface area contributed by atoms with E-state index < -0.39 is 0 Å². The maximum atomic E-state index is 4.93. The molecule has 2 aliphatic rings. The fourth-order valence-corrected chi connectivity index (χ4v) is 6.22. The summed E-state index contributed by atoms with van der Waals surface area (Å²) in [6.07, 6.45) is 9.45. The Morgan fingerprint density at radius 1 is 0.828 bits per heavy atom. The molecule has 2 rings (SSSR count). The quantitative estimate of drug-likeness (QED) is 0.396. The Balaban J connectivity index is 2.49. The Hall–Kier alpha value is -0.660. The monoisotopic (exact) mass is 403 g/mol. The van der Waals surface area contributed by atoms with E-state index in [0.29, 0.717) is 12.1 Å². The first kappa shape index (κ1) is 24.6. The number of hydrogen-bond donors (Lipinski definition) is 0. The number of nitrogens with zero attached hydrogens (tertiary/aromatic N) is 3. The first-order chi connectivity index (χ1) is 13.8. The normalized spacial score (nSPS) is 34.3. The number of rotatable bonds is 8. The summed E-state index contributed by atoms with van der Waals surface area (Å²) in [4.78, 5) is 12.2. The molecule has 0 heterocycles. The molecule has 0 aromatic rings. The molecular formula is C26H49N3. The van der Waals surface area contributed by atoms with Crippen LogP contribution in [0.4, 0.5) is 0 Å². The van der Waals surface area contributed by atoms with E-state index in [9.17, 15) is 0 Å². The SMILES string of the molecule is CCN=C=NC(CC)N(C1CC(C)CCC1C(C)C)C1CC(C)CCC1C(C)C. The smallest absolute Gasteiger partial charge is 0.113 e. The highest BCUT2D eigenvalue weighted by molar-refractivity contribution is 5.41. The summed E-state index contributed by atoms with van der Waals surface area (Å²) in [5.41, 5.74) is 0. The lowest BCUT2D eigenvalue weighted by Gasteiger charge is -2.53. The Morgan fingerprint density at radius 2 is 1.31 bits per heavy atom. The molecule has 7 atom stereocenters. The molecule has 0 radical (unpaired) electrons. The van der Waals surface area contributed by atoms with Gasteiger partial charge in [-0.25, -0.2) is 9.98 Å². The van der Waals surface area contributed by atoms with Crippen LogP contribution in [0.1, 0.15) is 100 Å². The zero-order valence-electron chi connectivity index (χ0n) is 20.7. The molecule has 0 bridgehead atoms. The van der Waals surface area contributed by atoms with Crippen molar-refractivity contribution >= 4 is 6.01 Å². The number of hydrogen-bond acceptors (Lipinski definition) is 3. The second-order valence-corrected chi connectivity index (χ2v) is 10.8. The van der Waals surface area contributed by atoms with E-state index in [0.717, 1.165) is 48.5 Å². The molecule has 0 saturated heterocycles. The van der Waals surface area contributed by atoms with Gasteiger partial charge < -0.3 is 0 Å². The van der Waals surface area contributed by atoms with Gasteiger partial charge in [-0.1, -0.05) is 61.3 Å². The molecule has 168 valence electrons. The molecule has 0 N–H and O–H groups in total. The highest BCUT2D eigenvalue weighted by Gasteiger charge is 2.44. The van der Waals surface area contributed by atoms with Crippen LogP contribution in [0.25, 0.3) is 0 Å². The molecule has 2 fully saturated rings. The third-order valence-corrected chi connectivity index (χ3v) is 7.89. The van der Waals surface area contributed by atoms with Crippen molar-refractivity contribution in [3.05, 3.63) is 0 Å². The molecule has 2 saturated carbocycles. The fourth-order valence-electron chi connectivity index (χ4n) is 6.22. The van der Waals surface area contributed by atoms with E-state index in [1.807, 2.05) is 0 Å². The van der Waals surface area contributed by atoms with Gasteiger partial charge in [-0.3, -0.25) is 4.90 Å². The lowest BCUT2D eigenvalue weighted by Crippen LogP contribution is -2.58. The summed E-state index contributed by atoms with van der Waals surface area (Å²) < 4.78 is 0. The highest BCUT2D eigenvalue weighted by Crippen LogP contribution is 2.44. The molecule has 3 nitrogen and oxygen atoms in total. The third kappa shape index (κ3) is 6.41. The Bertz CT molecular complexity index is 502. The second-order valence-electron chi connectivity index (χ2n) is 10.8. The van der Waals surface area contributed by atoms with Crippen molar-refractivity contribution in [2.75, 3.05) is 6.54 Å². The summed E-state index contributed by atoms with van der Waals surface area (Å²) in [5, 5.41) is 0. The van der Waals surface area contributed by atoms with Gasteiger partial charge in [-0.2, -0.15) is 0 Å². The van der Waals surface area contributed by atoms with Crippen molar-refractivity contribution in [1.82, 2.24) is 4.90 Å². The van der Waals surface area contributed by atoms with Gasteiger partial charge in [-0.15, -0.1) is 0 Å². The third-order valence-electron chi connectivity index (χ3n) is 7.89. The van der Waals surface area contributed by atoms with Crippen LogP contribution in [0.2, 0.25) is 0 Å². The molecular weight excluding hydrogens is 354 g/mol. The lowest BCUT2D eigenvalue weighted by atomic mass is 9.69. The van der Waals surface area contributed by atoms with E-state index in [4.69, 9.17) is 4.99 Å². The summed E-state index contributed by atoms with van der Waals surface area (Å²) in [5.74, 6) is 4.68. The molecule has 3 heteroatoms. The second kappa shape index (κ2) is 11.7. The van der Waals surface area contributed by atoms with Crippen LogP contribution in [0.15, 0.2) is 9.98 Å². The molecule has 0 aliphatic heterocycles. The van der Waals surface area contributed by atoms with Crippen LogP contribution in [-0.2, 0) is 0 Å². The van der Waals surface area contributed by atoms with Crippen molar-refractivity contribution in [1.29, 1.82) is 0 Å². The van der Waals surface area contributed by atoms with Gasteiger partial charge in [0, 0.05) is 18.6 Å². The Morgan fingerprint density at radius 3 is 1.69 bits per heavy atom. The Labute approximate surface area is 181 Å². The van der Waals surface area contributed by atoms with E-state index in [1.165, 1.54) is 38.5 Å². The molecule has 2 aliphatic carbocycles. The lowest BCUT2D eigenvalue weighted by molar-refractivity contribution is -0.0482. The van der Waals surface area contributed by atoms with Gasteiger partial charge in [0.05, 0.1) is 6.01 Å². The minimum atomic E-state index is 0.221. The van der Waals surface area contributed by atoms with Crippen LogP contribution in [0, 0.1) is 35.5 Å². The molecule has 0 aromatic carbocycles. The average molecular weight is 404 g/mol. The maximum Gasteiger partial charge on any atom is 0.113 e. The zero-order chi connectivity index (χ0) is 21.6. The van der Waals surface area contributed by atoms with Gasteiger partial charge in [0.15, 0.2) is 0 Å². The summed E-state index contributed by atoms with van der Waals surface area (Å²) in [6.45, 7) is 19.8. The molecule has 29 heavy (non-hydrogen) atoms. The van der Waals surface area contributed by atoms with Crippen LogP contribution < -0.4 is 0 Å². The predicted octanol–water partition coefficient (Wildman–Crippen LogP) is 7.14. The largest absolute Gasteiger partial charge is 0.275 e. The van der Waals surface area contributed by atoms with Crippen LogP contribution in [0.3, 0.4) is 0 Å². The van der Waals surface area contributed by atoms with Crippen LogP contribution in [-0.4, -0.2) is 35.7 Å². The van der Waals surface area contributed by atoms with Crippen LogP contribution in [0.5, 0.6) is 0 Å². The van der Waals surface area contributed by atoms with Crippen molar-refractivity contribution in [3.63, 3.8) is 0 Å². The van der Waals surface area contributed by atoms with Crippen molar-refractivity contribution in [2.45, 2.75) is 119 Å². The fraction of sp³-hybridized carbons (Fsp3) is 0.962. The highest BCUT2D eigenvalue weighted by atomic mass is 15.3. The average Bonchev–Trinajstić information content (AvgIpc) is 2.66. The zero-order valence-corrected chi connectivity index (χ0v) is 20.7. The van der Waals surface area contributed by atoms with Crippen molar-refractivity contribution in [3.8, 4) is 0 Å². The van der Waals surface area contributed by atoms with Gasteiger partial charge in [0.1, 0.15) is 6.17 Å². The first-order valence-electron chi connectivity index (χ1n) is 12.7. The number of aliphatic imine (C=N–C) groups is 2. The molecule has 0 spiro atoms. The minimum absolute atomic E-state index is 0.221. The minimum Gasteiger partial charge on any atom is -0.275 e. The maximum absolute atomic E-state index is 4.93. The van der Waals surface area contributed by atoms with Crippen LogP contribution >= 0.6 is 0 Å². The summed E-state index contributed by atoms with van der Waals surface area (Å²) in [7, 11) is 0. The standard InChI is InChI=1S/C26H49N3/c1-9-26(28-17-27-10-2)29(24-15-20(7)11-13-22(24)18(3)4)25-16-21(8)12-14-23(25)19(5)6/h18-26H,9-16H2,1-8H3. The predicted molar refractivity (Wildman–Crippen MR) is 127 cm³/mol.